The van der Waals surface area contributed by atoms with Crippen molar-refractivity contribution in [3.63, 3.8) is 0 Å². The quantitative estimate of drug-likeness (QED) is 0.715. The zero-order valence-electron chi connectivity index (χ0n) is 13.3. The van der Waals surface area contributed by atoms with Crippen LogP contribution in [0.3, 0.4) is 0 Å². The molecule has 21 heavy (non-hydrogen) atoms. The van der Waals surface area contributed by atoms with Crippen molar-refractivity contribution < 1.29 is 14.6 Å². The van der Waals surface area contributed by atoms with Crippen LogP contribution in [-0.4, -0.2) is 44.9 Å². The van der Waals surface area contributed by atoms with Crippen molar-refractivity contribution >= 4 is 11.7 Å². The number of aliphatic hydroxyl groups excluding tert-OH is 1. The first-order valence-electron chi connectivity index (χ1n) is 7.25. The van der Waals surface area contributed by atoms with Gasteiger partial charge in [0.15, 0.2) is 0 Å². The van der Waals surface area contributed by atoms with Crippen molar-refractivity contribution in [1.29, 1.82) is 0 Å². The predicted molar refractivity (Wildman–Crippen MR) is 84.4 cm³/mol. The van der Waals surface area contributed by atoms with Crippen molar-refractivity contribution in [1.82, 2.24) is 5.32 Å². The van der Waals surface area contributed by atoms with E-state index in [2.05, 4.69) is 10.1 Å². The van der Waals surface area contributed by atoms with Crippen LogP contribution in [0.1, 0.15) is 31.4 Å². The molecule has 0 aliphatic carbocycles. The van der Waals surface area contributed by atoms with Crippen molar-refractivity contribution in [2.75, 3.05) is 32.6 Å². The highest BCUT2D eigenvalue weighted by molar-refractivity contribution is 5.69. The summed E-state index contributed by atoms with van der Waals surface area (Å²) in [6.07, 6.45) is 0.184. The van der Waals surface area contributed by atoms with E-state index >= 15 is 0 Å². The van der Waals surface area contributed by atoms with Crippen LogP contribution in [0.5, 0.6) is 0 Å². The van der Waals surface area contributed by atoms with E-state index in [1.54, 1.807) is 0 Å². The number of nitrogens with zero attached hydrogens (tertiary/aromatic N) is 1. The minimum absolute atomic E-state index is 0.167. The summed E-state index contributed by atoms with van der Waals surface area (Å²) in [5, 5.41) is 13.7. The molecule has 2 N–H and O–H groups in total. The fraction of sp³-hybridized carbons (Fsp3) is 0.562. The van der Waals surface area contributed by atoms with Crippen LogP contribution in [-0.2, 0) is 9.53 Å². The number of carbonyl (C=O) groups is 1. The van der Waals surface area contributed by atoms with E-state index in [0.29, 0.717) is 12.8 Å². The molecule has 2 atom stereocenters. The van der Waals surface area contributed by atoms with Crippen LogP contribution in [0.25, 0.3) is 0 Å². The number of likely N-dealkylation sites (N-methyl/N-ethyl adjacent to an activating group) is 1. The Hall–Kier alpha value is -1.59. The van der Waals surface area contributed by atoms with Crippen LogP contribution in [0, 0.1) is 0 Å². The third-order valence-corrected chi connectivity index (χ3v) is 3.49. The van der Waals surface area contributed by atoms with Gasteiger partial charge in [0, 0.05) is 32.2 Å². The summed E-state index contributed by atoms with van der Waals surface area (Å²) in [6, 6.07) is 7.62. The molecule has 0 saturated carbocycles. The standard InChI is InChI=1S/C16H26N2O3/c1-5-17-14(10-11-15(19)21-4)16(20)12-6-8-13(9-7-12)18(2)3/h6-9,14,16-17,20H,5,10-11H2,1-4H3. The average Bonchev–Trinajstić information content (AvgIpc) is 2.50. The second-order valence-corrected chi connectivity index (χ2v) is 5.21. The Morgan fingerprint density at radius 1 is 1.33 bits per heavy atom. The number of carbonyl (C=O) groups excluding carboxylic acids is 1. The van der Waals surface area contributed by atoms with E-state index in [0.717, 1.165) is 17.8 Å². The third kappa shape index (κ3) is 5.36. The summed E-state index contributed by atoms with van der Waals surface area (Å²) in [5.74, 6) is -0.256. The lowest BCUT2D eigenvalue weighted by molar-refractivity contribution is -0.141. The van der Waals surface area contributed by atoms with Gasteiger partial charge >= 0.3 is 5.97 Å². The average molecular weight is 294 g/mol. The van der Waals surface area contributed by atoms with Gasteiger partial charge in [-0.1, -0.05) is 19.1 Å². The zero-order valence-corrected chi connectivity index (χ0v) is 13.3. The fourth-order valence-corrected chi connectivity index (χ4v) is 2.21. The summed E-state index contributed by atoms with van der Waals surface area (Å²) in [4.78, 5) is 13.3. The van der Waals surface area contributed by atoms with E-state index in [1.165, 1.54) is 7.11 Å². The van der Waals surface area contributed by atoms with Gasteiger partial charge in [0.25, 0.3) is 0 Å². The Bertz CT molecular complexity index is 432. The maximum atomic E-state index is 11.3. The topological polar surface area (TPSA) is 61.8 Å². The van der Waals surface area contributed by atoms with Crippen LogP contribution in [0.4, 0.5) is 5.69 Å². The Balaban J connectivity index is 2.74. The molecule has 0 amide bonds. The lowest BCUT2D eigenvalue weighted by Crippen LogP contribution is -2.35. The molecular formula is C16H26N2O3. The number of benzene rings is 1. The molecule has 0 radical (unpaired) electrons. The molecule has 0 aliphatic rings. The third-order valence-electron chi connectivity index (χ3n) is 3.49. The molecule has 0 aliphatic heterocycles. The van der Waals surface area contributed by atoms with E-state index in [4.69, 9.17) is 0 Å². The zero-order chi connectivity index (χ0) is 15.8. The highest BCUT2D eigenvalue weighted by Gasteiger charge is 2.21. The number of hydrogen-bond donors (Lipinski definition) is 2. The molecule has 0 aromatic heterocycles. The number of anilines is 1. The Morgan fingerprint density at radius 3 is 2.43 bits per heavy atom. The maximum absolute atomic E-state index is 11.3. The van der Waals surface area contributed by atoms with E-state index < -0.39 is 6.10 Å². The van der Waals surface area contributed by atoms with E-state index in [1.807, 2.05) is 50.2 Å². The first-order chi connectivity index (χ1) is 9.99. The minimum atomic E-state index is -0.647. The van der Waals surface area contributed by atoms with E-state index in [9.17, 15) is 9.90 Å². The fourth-order valence-electron chi connectivity index (χ4n) is 2.21. The summed E-state index contributed by atoms with van der Waals surface area (Å²) in [7, 11) is 5.33. The van der Waals surface area contributed by atoms with Gasteiger partial charge in [0.2, 0.25) is 0 Å². The summed E-state index contributed by atoms with van der Waals surface area (Å²) in [5.41, 5.74) is 1.93. The number of ether oxygens (including phenoxy) is 1. The highest BCUT2D eigenvalue weighted by Crippen LogP contribution is 2.22. The molecule has 2 unspecified atom stereocenters. The molecule has 1 aromatic rings. The Labute approximate surface area is 126 Å². The molecule has 118 valence electrons. The molecule has 0 saturated heterocycles. The van der Waals surface area contributed by atoms with Gasteiger partial charge in [0.1, 0.15) is 0 Å². The maximum Gasteiger partial charge on any atom is 0.305 e. The molecule has 1 aromatic carbocycles. The smallest absolute Gasteiger partial charge is 0.305 e. The van der Waals surface area contributed by atoms with Crippen molar-refractivity contribution in [3.8, 4) is 0 Å². The first-order valence-corrected chi connectivity index (χ1v) is 7.25. The Morgan fingerprint density at radius 2 is 1.95 bits per heavy atom. The molecule has 1 rings (SSSR count). The van der Waals surface area contributed by atoms with Gasteiger partial charge in [-0.15, -0.1) is 0 Å². The number of hydrogen-bond acceptors (Lipinski definition) is 5. The normalized spacial score (nSPS) is 13.6. The second kappa shape index (κ2) is 8.64. The second-order valence-electron chi connectivity index (χ2n) is 5.21. The molecule has 0 heterocycles. The number of methoxy groups -OCH3 is 1. The lowest BCUT2D eigenvalue weighted by Gasteiger charge is -2.24. The van der Waals surface area contributed by atoms with Gasteiger partial charge in [-0.2, -0.15) is 0 Å². The minimum Gasteiger partial charge on any atom is -0.469 e. The number of esters is 1. The van der Waals surface area contributed by atoms with Crippen molar-refractivity contribution in [2.45, 2.75) is 31.9 Å². The molecule has 5 nitrogen and oxygen atoms in total. The summed E-state index contributed by atoms with van der Waals surface area (Å²) < 4.78 is 4.65. The highest BCUT2D eigenvalue weighted by atomic mass is 16.5. The van der Waals surface area contributed by atoms with E-state index in [-0.39, 0.29) is 12.0 Å². The van der Waals surface area contributed by atoms with Crippen molar-refractivity contribution in [3.05, 3.63) is 29.8 Å². The monoisotopic (exact) mass is 294 g/mol. The van der Waals surface area contributed by atoms with Crippen LogP contribution in [0.2, 0.25) is 0 Å². The molecular weight excluding hydrogens is 268 g/mol. The molecule has 0 fully saturated rings. The molecule has 0 spiro atoms. The largest absolute Gasteiger partial charge is 0.469 e. The van der Waals surface area contributed by atoms with Crippen LogP contribution >= 0.6 is 0 Å². The summed E-state index contributed by atoms with van der Waals surface area (Å²) in [6.45, 7) is 2.71. The van der Waals surface area contributed by atoms with Crippen LogP contribution < -0.4 is 10.2 Å². The summed E-state index contributed by atoms with van der Waals surface area (Å²) >= 11 is 0. The predicted octanol–water partition coefficient (Wildman–Crippen LogP) is 1.72. The first kappa shape index (κ1) is 17.5. The Kier molecular flexibility index (Phi) is 7.19. The lowest BCUT2D eigenvalue weighted by atomic mass is 9.98. The number of nitrogens with one attached hydrogen (secondary N) is 1. The number of rotatable bonds is 8. The van der Waals surface area contributed by atoms with Gasteiger partial charge in [-0.25, -0.2) is 0 Å². The number of aliphatic hydroxyl groups is 1. The van der Waals surface area contributed by atoms with Crippen LogP contribution in [0.15, 0.2) is 24.3 Å². The van der Waals surface area contributed by atoms with Gasteiger partial charge in [-0.05, 0) is 30.7 Å². The van der Waals surface area contributed by atoms with Gasteiger partial charge in [0.05, 0.1) is 13.2 Å². The van der Waals surface area contributed by atoms with Crippen molar-refractivity contribution in [2.24, 2.45) is 0 Å². The molecule has 5 heteroatoms. The SMILES string of the molecule is CCNC(CCC(=O)OC)C(O)c1ccc(N(C)C)cc1. The van der Waals surface area contributed by atoms with Gasteiger partial charge in [-0.3, -0.25) is 4.79 Å². The van der Waals surface area contributed by atoms with Gasteiger partial charge < -0.3 is 20.1 Å². The molecule has 0 bridgehead atoms.